The highest BCUT2D eigenvalue weighted by Crippen LogP contribution is 2.20. The molecule has 1 saturated heterocycles. The van der Waals surface area contributed by atoms with Crippen molar-refractivity contribution in [3.8, 4) is 0 Å². The Morgan fingerprint density at radius 1 is 0.652 bits per heavy atom. The molecular weight excluding hydrogens is 875 g/mol. The van der Waals surface area contributed by atoms with E-state index in [2.05, 4.69) is 42.5 Å². The number of aliphatic hydroxyl groups excluding tert-OH is 4. The summed E-state index contributed by atoms with van der Waals surface area (Å²) in [7, 11) is 0. The summed E-state index contributed by atoms with van der Waals surface area (Å²) in [6, 6.07) is -12.6. The van der Waals surface area contributed by atoms with Crippen LogP contribution < -0.4 is 54.0 Å². The van der Waals surface area contributed by atoms with Crippen LogP contribution in [-0.4, -0.2) is 190 Å². The number of carbonyl (C=O) groups is 10. The van der Waals surface area contributed by atoms with Crippen molar-refractivity contribution in [2.45, 2.75) is 141 Å². The van der Waals surface area contributed by atoms with Gasteiger partial charge in [-0.05, 0) is 64.3 Å². The summed E-state index contributed by atoms with van der Waals surface area (Å²) in [4.78, 5) is 130. The molecule has 1 heterocycles. The molecule has 1 aliphatic rings. The minimum atomic E-state index is -1.75. The SMILES string of the molecule is CC(C)C[C@H](NC(=O)[C@H](CO)NC(=O)[C@H](CO)NC(=O)[C@H](C)NC(=O)[C@H](CO)NC(=O)CNC(=O)[C@@H](NC(=O)[C@@H]1CCCN1C(=O)[C@@H](N)CCCCN)[C@@H](C)O)C(=O)N[C@H](C(=O)O)C(C)C. The number of nitrogens with two attached hydrogens (primary N) is 2. The summed E-state index contributed by atoms with van der Waals surface area (Å²) in [6.07, 6.45) is 1.01. The Labute approximate surface area is 382 Å². The third-order valence-corrected chi connectivity index (χ3v) is 10.4. The molecule has 26 heteroatoms. The van der Waals surface area contributed by atoms with Crippen molar-refractivity contribution in [1.29, 1.82) is 0 Å². The first-order valence-corrected chi connectivity index (χ1v) is 21.8. The van der Waals surface area contributed by atoms with Crippen LogP contribution in [0.1, 0.15) is 80.1 Å². The van der Waals surface area contributed by atoms with Crippen LogP contribution in [0.2, 0.25) is 0 Å². The Morgan fingerprint density at radius 3 is 1.67 bits per heavy atom. The van der Waals surface area contributed by atoms with Gasteiger partial charge in [-0.15, -0.1) is 0 Å². The zero-order valence-electron chi connectivity index (χ0n) is 38.3. The Hall–Kier alpha value is -5.54. The number of nitrogens with one attached hydrogen (secondary N) is 8. The zero-order valence-corrected chi connectivity index (χ0v) is 38.3. The lowest BCUT2D eigenvalue weighted by Gasteiger charge is -2.29. The first-order valence-electron chi connectivity index (χ1n) is 21.8. The molecule has 66 heavy (non-hydrogen) atoms. The van der Waals surface area contributed by atoms with E-state index in [0.717, 1.165) is 6.92 Å². The molecule has 10 atom stereocenters. The monoisotopic (exact) mass is 946 g/mol. The van der Waals surface area contributed by atoms with Crippen molar-refractivity contribution in [2.24, 2.45) is 23.3 Å². The third kappa shape index (κ3) is 19.1. The fourth-order valence-corrected chi connectivity index (χ4v) is 6.60. The number of carboxylic acid groups (broad SMARTS) is 1. The van der Waals surface area contributed by atoms with Crippen molar-refractivity contribution in [1.82, 2.24) is 47.4 Å². The Balaban J connectivity index is 2.83. The van der Waals surface area contributed by atoms with Crippen molar-refractivity contribution in [2.75, 3.05) is 39.5 Å². The number of carboxylic acids is 1. The summed E-state index contributed by atoms with van der Waals surface area (Å²) in [6.45, 7) is 5.82. The van der Waals surface area contributed by atoms with Gasteiger partial charge in [-0.25, -0.2) is 4.79 Å². The van der Waals surface area contributed by atoms with E-state index in [9.17, 15) is 73.5 Å². The number of amides is 9. The van der Waals surface area contributed by atoms with Crippen molar-refractivity contribution in [3.05, 3.63) is 0 Å². The highest BCUT2D eigenvalue weighted by molar-refractivity contribution is 5.98. The number of carbonyl (C=O) groups excluding carboxylic acids is 9. The lowest BCUT2D eigenvalue weighted by atomic mass is 10.00. The van der Waals surface area contributed by atoms with E-state index < -0.39 is 152 Å². The second kappa shape index (κ2) is 29.2. The predicted octanol–water partition coefficient (Wildman–Crippen LogP) is -6.89. The average Bonchev–Trinajstić information content (AvgIpc) is 3.75. The number of rotatable bonds is 29. The number of hydrogen-bond donors (Lipinski definition) is 15. The molecule has 0 aliphatic carbocycles. The van der Waals surface area contributed by atoms with Crippen molar-refractivity contribution in [3.63, 3.8) is 0 Å². The summed E-state index contributed by atoms with van der Waals surface area (Å²) in [5.41, 5.74) is 11.5. The van der Waals surface area contributed by atoms with Crippen LogP contribution in [0.5, 0.6) is 0 Å². The molecule has 0 aromatic rings. The number of aliphatic hydroxyl groups is 4. The maximum atomic E-state index is 13.2. The Morgan fingerprint density at radius 2 is 1.17 bits per heavy atom. The van der Waals surface area contributed by atoms with E-state index in [1.54, 1.807) is 27.7 Å². The smallest absolute Gasteiger partial charge is 0.326 e. The van der Waals surface area contributed by atoms with Crippen molar-refractivity contribution >= 4 is 59.1 Å². The summed E-state index contributed by atoms with van der Waals surface area (Å²) in [5.74, 6) is -10.4. The van der Waals surface area contributed by atoms with E-state index in [4.69, 9.17) is 11.5 Å². The molecule has 376 valence electrons. The molecule has 0 aromatic carbocycles. The van der Waals surface area contributed by atoms with Crippen LogP contribution >= 0.6 is 0 Å². The topological polar surface area (TPSA) is 423 Å². The van der Waals surface area contributed by atoms with Gasteiger partial charge < -0.3 is 84.4 Å². The van der Waals surface area contributed by atoms with Crippen LogP contribution in [0.3, 0.4) is 0 Å². The molecule has 1 rings (SSSR count). The third-order valence-electron chi connectivity index (χ3n) is 10.4. The van der Waals surface area contributed by atoms with E-state index in [-0.39, 0.29) is 25.3 Å². The second-order valence-electron chi connectivity index (χ2n) is 16.8. The summed E-state index contributed by atoms with van der Waals surface area (Å²) in [5, 5.41) is 67.4. The highest BCUT2D eigenvalue weighted by atomic mass is 16.4. The molecule has 0 spiro atoms. The Bertz CT molecular complexity index is 1680. The maximum absolute atomic E-state index is 13.2. The molecule has 0 radical (unpaired) electrons. The number of unbranched alkanes of at least 4 members (excludes halogenated alkanes) is 1. The molecule has 9 amide bonds. The van der Waals surface area contributed by atoms with Gasteiger partial charge in [0.15, 0.2) is 0 Å². The summed E-state index contributed by atoms with van der Waals surface area (Å²) < 4.78 is 0. The van der Waals surface area contributed by atoms with Gasteiger partial charge in [0.25, 0.3) is 0 Å². The molecule has 0 aromatic heterocycles. The lowest BCUT2D eigenvalue weighted by Crippen LogP contribution is -2.61. The lowest BCUT2D eigenvalue weighted by molar-refractivity contribution is -0.143. The number of hydrogen-bond acceptors (Lipinski definition) is 16. The molecule has 0 unspecified atom stereocenters. The predicted molar refractivity (Wildman–Crippen MR) is 233 cm³/mol. The van der Waals surface area contributed by atoms with E-state index in [1.165, 1.54) is 11.8 Å². The molecular formula is C40H71N11O15. The number of nitrogens with zero attached hydrogens (tertiary/aromatic N) is 1. The molecule has 26 nitrogen and oxygen atoms in total. The van der Waals surface area contributed by atoms with Crippen LogP contribution in [0.25, 0.3) is 0 Å². The first-order chi connectivity index (χ1) is 30.9. The van der Waals surface area contributed by atoms with Gasteiger partial charge in [-0.3, -0.25) is 43.2 Å². The van der Waals surface area contributed by atoms with E-state index in [0.29, 0.717) is 32.2 Å². The van der Waals surface area contributed by atoms with E-state index >= 15 is 0 Å². The highest BCUT2D eigenvalue weighted by Gasteiger charge is 2.39. The molecule has 0 saturated carbocycles. The van der Waals surface area contributed by atoms with Gasteiger partial charge in [0.1, 0.15) is 48.3 Å². The van der Waals surface area contributed by atoms with Gasteiger partial charge in [-0.2, -0.15) is 0 Å². The van der Waals surface area contributed by atoms with Crippen LogP contribution in [0.15, 0.2) is 0 Å². The van der Waals surface area contributed by atoms with Gasteiger partial charge in [0.05, 0.1) is 38.5 Å². The van der Waals surface area contributed by atoms with Crippen molar-refractivity contribution < 1.29 is 73.5 Å². The van der Waals surface area contributed by atoms with Gasteiger partial charge in [0.2, 0.25) is 53.2 Å². The molecule has 1 aliphatic heterocycles. The van der Waals surface area contributed by atoms with Gasteiger partial charge in [-0.1, -0.05) is 34.1 Å². The van der Waals surface area contributed by atoms with E-state index in [1.807, 2.05) is 0 Å². The zero-order chi connectivity index (χ0) is 50.4. The minimum Gasteiger partial charge on any atom is -0.480 e. The molecule has 0 bridgehead atoms. The van der Waals surface area contributed by atoms with Gasteiger partial charge in [0, 0.05) is 6.54 Å². The Kier molecular flexibility index (Phi) is 25.8. The van der Waals surface area contributed by atoms with Crippen LogP contribution in [0, 0.1) is 11.8 Å². The normalized spacial score (nSPS) is 17.7. The largest absolute Gasteiger partial charge is 0.480 e. The second-order valence-corrected chi connectivity index (χ2v) is 16.8. The fraction of sp³-hybridized carbons (Fsp3) is 0.750. The van der Waals surface area contributed by atoms with Gasteiger partial charge >= 0.3 is 5.97 Å². The standard InChI is InChI=1S/C40H71N11O15/c1-19(2)14-24(33(58)49-30(20(3)4)40(65)66)46-35(60)27(18-54)48-36(61)26(17-53)47-32(57)21(5)44-34(59)25(16-52)45-29(56)15-43-38(63)31(22(6)55)50-37(62)28-11-9-13-51(28)39(64)23(42)10-7-8-12-41/h19-28,30-31,52-55H,7-18,41-42H2,1-6H3,(H,43,63)(H,44,59)(H,45,56)(H,46,60)(H,47,57)(H,48,61)(H,49,58)(H,50,62)(H,65,66)/t21-,22+,23-,24-,25-,26-,27-,28-,30-,31-/m0/s1. The number of likely N-dealkylation sites (tertiary alicyclic amines) is 1. The quantitative estimate of drug-likeness (QED) is 0.0310. The van der Waals surface area contributed by atoms with Crippen LogP contribution in [-0.2, 0) is 47.9 Å². The molecule has 1 fully saturated rings. The fourth-order valence-electron chi connectivity index (χ4n) is 6.60. The molecule has 17 N–H and O–H groups in total. The summed E-state index contributed by atoms with van der Waals surface area (Å²) >= 11 is 0. The van der Waals surface area contributed by atoms with Crippen LogP contribution in [0.4, 0.5) is 0 Å². The average molecular weight is 946 g/mol. The number of aliphatic carboxylic acids is 1. The minimum absolute atomic E-state index is 0.0504. The maximum Gasteiger partial charge on any atom is 0.326 e. The first kappa shape index (κ1) is 58.5.